The zero-order valence-electron chi connectivity index (χ0n) is 21.2. The van der Waals surface area contributed by atoms with Gasteiger partial charge in [0.25, 0.3) is 0 Å². The molecule has 40 heavy (non-hydrogen) atoms. The number of aromatic hydroxyl groups is 1. The van der Waals surface area contributed by atoms with E-state index in [0.717, 1.165) is 24.9 Å². The van der Waals surface area contributed by atoms with Crippen molar-refractivity contribution in [3.05, 3.63) is 78.0 Å². The van der Waals surface area contributed by atoms with E-state index >= 15 is 0 Å². The first-order valence-corrected chi connectivity index (χ1v) is 15.1. The standard InChI is InChI=1S/C17H19NO3.C9H7N.H2O7S2/c1-18-7-6-17-10-3-5-13(20)16(17)21-15-12(19)4-2-9(14(15)17)8-11(10)18;1-2-6-9-8(4-1)5-3-7-10-9;1-8(2,3)7-9(4,5)6/h2-5,10-11,13,16,19-20H,6-8H2,1H3;1-7H;(H,1,2,3)(H,4,5,6)/t10-,11+,13-,16-,17-;;/m0../s1. The van der Waals surface area contributed by atoms with Gasteiger partial charge in [0.05, 0.1) is 5.52 Å². The second-order valence-corrected chi connectivity index (χ2v) is 12.3. The highest BCUT2D eigenvalue weighted by Gasteiger charge is 2.64. The Bertz CT molecular complexity index is 1580. The first kappa shape index (κ1) is 28.4. The summed E-state index contributed by atoms with van der Waals surface area (Å²) in [6.07, 6.45) is 6.99. The number of rotatable bonds is 2. The number of aromatic nitrogens is 1. The van der Waals surface area contributed by atoms with Gasteiger partial charge in [-0.1, -0.05) is 42.5 Å². The number of benzene rings is 2. The summed E-state index contributed by atoms with van der Waals surface area (Å²) in [5.41, 5.74) is 3.35. The Kier molecular flexibility index (Phi) is 7.37. The van der Waals surface area contributed by atoms with Gasteiger partial charge in [0, 0.05) is 34.5 Å². The van der Waals surface area contributed by atoms with Crippen LogP contribution in [0.2, 0.25) is 0 Å². The van der Waals surface area contributed by atoms with Crippen LogP contribution in [0.4, 0.5) is 0 Å². The van der Waals surface area contributed by atoms with Crippen LogP contribution < -0.4 is 4.74 Å². The van der Waals surface area contributed by atoms with Crippen LogP contribution in [-0.2, 0) is 36.3 Å². The molecule has 2 aromatic carbocycles. The summed E-state index contributed by atoms with van der Waals surface area (Å²) in [7, 11) is -8.05. The van der Waals surface area contributed by atoms with Gasteiger partial charge in [0.2, 0.25) is 0 Å². The Morgan fingerprint density at radius 2 is 1.73 bits per heavy atom. The molecule has 7 rings (SSSR count). The number of likely N-dealkylation sites (N-methyl/N-ethyl adjacent to an activating group) is 1. The minimum absolute atomic E-state index is 0.160. The van der Waals surface area contributed by atoms with Crippen LogP contribution in [0.3, 0.4) is 0 Å². The van der Waals surface area contributed by atoms with E-state index in [0.29, 0.717) is 17.7 Å². The number of para-hydroxylation sites is 1. The Hall–Kier alpha value is -3.11. The van der Waals surface area contributed by atoms with E-state index in [-0.39, 0.29) is 17.3 Å². The van der Waals surface area contributed by atoms with E-state index in [1.54, 1.807) is 6.07 Å². The van der Waals surface area contributed by atoms with Crippen LogP contribution >= 0.6 is 0 Å². The molecule has 2 bridgehead atoms. The average Bonchev–Trinajstić information content (AvgIpc) is 3.24. The van der Waals surface area contributed by atoms with Gasteiger partial charge in [0.15, 0.2) is 11.5 Å². The fraction of sp³-hybridized carbons (Fsp3) is 0.346. The normalized spacial score (nSPS) is 27.9. The SMILES string of the molecule is CN1CC[C@]23c4c5ccc(O)c4O[C@H]2[C@@H](O)C=C[C@H]3[C@H]1C5.O=S(=O)(O)OS(=O)(=O)O.c1ccc2ncccc2c1. The number of piperidine rings is 1. The number of phenolic OH excluding ortho intramolecular Hbond substituents is 1. The highest BCUT2D eigenvalue weighted by molar-refractivity contribution is 7.94. The van der Waals surface area contributed by atoms with Crippen molar-refractivity contribution in [1.29, 1.82) is 0 Å². The highest BCUT2D eigenvalue weighted by atomic mass is 32.3. The molecule has 5 atom stereocenters. The van der Waals surface area contributed by atoms with E-state index in [4.69, 9.17) is 13.8 Å². The maximum atomic E-state index is 10.4. The van der Waals surface area contributed by atoms with Crippen molar-refractivity contribution >= 4 is 31.7 Å². The van der Waals surface area contributed by atoms with Gasteiger partial charge in [0.1, 0.15) is 12.2 Å². The third kappa shape index (κ3) is 5.31. The van der Waals surface area contributed by atoms with E-state index < -0.39 is 26.9 Å². The topological polar surface area (TPSA) is 184 Å². The molecule has 0 radical (unpaired) electrons. The second kappa shape index (κ2) is 10.4. The lowest BCUT2D eigenvalue weighted by Gasteiger charge is -2.56. The minimum atomic E-state index is -5.12. The number of aliphatic hydroxyl groups is 1. The molecule has 0 saturated carbocycles. The molecular formula is C26H28N2O10S2. The Labute approximate surface area is 231 Å². The largest absolute Gasteiger partial charge is 0.504 e. The molecule has 1 fully saturated rings. The van der Waals surface area contributed by atoms with E-state index in [1.165, 1.54) is 16.5 Å². The van der Waals surface area contributed by atoms with Gasteiger partial charge < -0.3 is 19.8 Å². The summed E-state index contributed by atoms with van der Waals surface area (Å²) in [5.74, 6) is 1.19. The maximum absolute atomic E-state index is 10.4. The van der Waals surface area contributed by atoms with Crippen LogP contribution in [0.5, 0.6) is 11.5 Å². The molecule has 3 heterocycles. The van der Waals surface area contributed by atoms with Crippen LogP contribution in [0, 0.1) is 5.92 Å². The first-order chi connectivity index (χ1) is 18.8. The molecule has 0 unspecified atom stereocenters. The quantitative estimate of drug-likeness (QED) is 0.251. The summed E-state index contributed by atoms with van der Waals surface area (Å²) in [6.45, 7) is 1.01. The third-order valence-electron chi connectivity index (χ3n) is 7.83. The smallest absolute Gasteiger partial charge is 0.413 e. The number of phenols is 1. The number of ether oxygens (including phenoxy) is 1. The van der Waals surface area contributed by atoms with Crippen molar-refractivity contribution in [1.82, 2.24) is 9.88 Å². The van der Waals surface area contributed by atoms with Gasteiger partial charge >= 0.3 is 20.8 Å². The third-order valence-corrected chi connectivity index (χ3v) is 9.21. The highest BCUT2D eigenvalue weighted by Crippen LogP contribution is 2.62. The molecule has 2 aliphatic carbocycles. The van der Waals surface area contributed by atoms with E-state index in [2.05, 4.69) is 38.8 Å². The number of hydrogen-bond acceptors (Lipinski definition) is 10. The van der Waals surface area contributed by atoms with Crippen molar-refractivity contribution in [2.45, 2.75) is 36.5 Å². The van der Waals surface area contributed by atoms with Crippen molar-refractivity contribution in [2.24, 2.45) is 5.92 Å². The molecule has 0 amide bonds. The molecule has 4 aliphatic rings. The lowest BCUT2D eigenvalue weighted by atomic mass is 9.53. The number of pyridine rings is 1. The van der Waals surface area contributed by atoms with Crippen molar-refractivity contribution in [3.8, 4) is 11.5 Å². The van der Waals surface area contributed by atoms with Gasteiger partial charge in [-0.2, -0.15) is 16.8 Å². The molecule has 1 aromatic heterocycles. The zero-order chi connectivity index (χ0) is 28.9. The minimum Gasteiger partial charge on any atom is -0.504 e. The van der Waals surface area contributed by atoms with Gasteiger partial charge in [-0.25, -0.2) is 0 Å². The number of hydrogen-bond donors (Lipinski definition) is 4. The molecule has 1 spiro atoms. The van der Waals surface area contributed by atoms with E-state index in [9.17, 15) is 27.0 Å². The van der Waals surface area contributed by atoms with Gasteiger partial charge in [-0.3, -0.25) is 14.1 Å². The summed E-state index contributed by atoms with van der Waals surface area (Å²) < 4.78 is 61.7. The Morgan fingerprint density at radius 1 is 1.02 bits per heavy atom. The van der Waals surface area contributed by atoms with Gasteiger partial charge in [-0.15, -0.1) is 3.63 Å². The summed E-state index contributed by atoms with van der Waals surface area (Å²) in [4.78, 5) is 6.61. The number of likely N-dealkylation sites (tertiary alicyclic amines) is 1. The Morgan fingerprint density at radius 3 is 2.40 bits per heavy atom. The average molecular weight is 593 g/mol. The molecule has 2 aliphatic heterocycles. The Balaban J connectivity index is 0.000000142. The molecule has 3 aromatic rings. The zero-order valence-corrected chi connectivity index (χ0v) is 22.9. The number of nitrogens with zero attached hydrogens (tertiary/aromatic N) is 2. The van der Waals surface area contributed by atoms with Crippen LogP contribution in [0.15, 0.2) is 66.9 Å². The molecular weight excluding hydrogens is 564 g/mol. The summed E-state index contributed by atoms with van der Waals surface area (Å²) in [5, 5.41) is 21.8. The lowest BCUT2D eigenvalue weighted by molar-refractivity contribution is -0.0453. The molecule has 214 valence electrons. The van der Waals surface area contributed by atoms with Crippen LogP contribution in [-0.4, -0.2) is 77.9 Å². The van der Waals surface area contributed by atoms with Crippen LogP contribution in [0.25, 0.3) is 10.9 Å². The number of fused-ring (bicyclic) bond motifs is 1. The maximum Gasteiger partial charge on any atom is 0.413 e. The molecule has 14 heteroatoms. The van der Waals surface area contributed by atoms with Crippen LogP contribution in [0.1, 0.15) is 17.5 Å². The monoisotopic (exact) mass is 592 g/mol. The fourth-order valence-corrected chi connectivity index (χ4v) is 7.23. The number of aliphatic hydroxyl groups excluding tert-OH is 1. The van der Waals surface area contributed by atoms with E-state index in [1.807, 2.05) is 42.6 Å². The predicted molar refractivity (Wildman–Crippen MR) is 144 cm³/mol. The van der Waals surface area contributed by atoms with Gasteiger partial charge in [-0.05, 0) is 50.2 Å². The molecule has 1 saturated heterocycles. The second-order valence-electron chi connectivity index (χ2n) is 10.0. The molecule has 4 N–H and O–H groups in total. The van der Waals surface area contributed by atoms with Crippen molar-refractivity contribution in [2.75, 3.05) is 13.6 Å². The summed E-state index contributed by atoms with van der Waals surface area (Å²) in [6, 6.07) is 16.3. The van der Waals surface area contributed by atoms with Crippen molar-refractivity contribution in [3.63, 3.8) is 0 Å². The first-order valence-electron chi connectivity index (χ1n) is 12.3. The molecule has 12 nitrogen and oxygen atoms in total. The summed E-state index contributed by atoms with van der Waals surface area (Å²) >= 11 is 0. The lowest BCUT2D eigenvalue weighted by Crippen LogP contribution is -2.64. The van der Waals surface area contributed by atoms with Crippen molar-refractivity contribution < 1.29 is 44.5 Å². The predicted octanol–water partition coefficient (Wildman–Crippen LogP) is 2.04. The fourth-order valence-electron chi connectivity index (χ4n) is 6.36.